The quantitative estimate of drug-likeness (QED) is 0.812. The van der Waals surface area contributed by atoms with Crippen molar-refractivity contribution >= 4 is 12.2 Å². The molecule has 18 heavy (non-hydrogen) atoms. The highest BCUT2D eigenvalue weighted by Gasteiger charge is 2.00. The zero-order valence-electron chi connectivity index (χ0n) is 10.3. The molecule has 0 saturated heterocycles. The zero-order chi connectivity index (χ0) is 13.1. The first-order chi connectivity index (χ1) is 8.60. The van der Waals surface area contributed by atoms with Crippen molar-refractivity contribution in [1.29, 1.82) is 5.26 Å². The fourth-order valence-electron chi connectivity index (χ4n) is 1.57. The number of rotatable bonds is 2. The van der Waals surface area contributed by atoms with Crippen molar-refractivity contribution in [3.05, 3.63) is 46.8 Å². The van der Waals surface area contributed by atoms with Gasteiger partial charge in [-0.1, -0.05) is 6.07 Å². The van der Waals surface area contributed by atoms with Crippen LogP contribution in [0.2, 0.25) is 0 Å². The number of nitrogen functional groups attached to an aromatic ring is 1. The highest BCUT2D eigenvalue weighted by Crippen LogP contribution is 2.09. The summed E-state index contributed by atoms with van der Waals surface area (Å²) in [6, 6.07) is 7.56. The number of nitriles is 1. The predicted molar refractivity (Wildman–Crippen MR) is 70.3 cm³/mol. The molecule has 1 aromatic carbocycles. The topological polar surface area (TPSA) is 80.0 Å². The number of hydrogen-bond donors (Lipinski definition) is 1. The van der Waals surface area contributed by atoms with Crippen molar-refractivity contribution in [3.8, 4) is 6.07 Å². The molecule has 1 aromatic heterocycles. The van der Waals surface area contributed by atoms with E-state index in [1.54, 1.807) is 24.5 Å². The van der Waals surface area contributed by atoms with E-state index in [9.17, 15) is 0 Å². The fraction of sp³-hybridized carbons (Fsp3) is 0.154. The average Bonchev–Trinajstić information content (AvgIpc) is 2.67. The maximum absolute atomic E-state index is 8.86. The Bertz CT molecular complexity index is 646. The van der Waals surface area contributed by atoms with E-state index < -0.39 is 0 Å². The molecule has 0 fully saturated rings. The third-order valence-corrected chi connectivity index (χ3v) is 2.56. The van der Waals surface area contributed by atoms with Gasteiger partial charge in [0.15, 0.2) is 0 Å². The van der Waals surface area contributed by atoms with Crippen LogP contribution >= 0.6 is 0 Å². The average molecular weight is 239 g/mol. The van der Waals surface area contributed by atoms with Gasteiger partial charge in [-0.05, 0) is 37.1 Å². The first kappa shape index (κ1) is 11.9. The number of hydrogen-bond acceptors (Lipinski definition) is 4. The van der Waals surface area contributed by atoms with E-state index in [0.717, 1.165) is 16.8 Å². The Morgan fingerprint density at radius 2 is 2.22 bits per heavy atom. The molecule has 0 saturated carbocycles. The predicted octanol–water partition coefficient (Wildman–Crippen LogP) is 1.84. The second-order valence-electron chi connectivity index (χ2n) is 4.01. The molecule has 0 atom stereocenters. The molecule has 5 heteroatoms. The molecule has 0 aliphatic heterocycles. The summed E-state index contributed by atoms with van der Waals surface area (Å²) in [7, 11) is 0. The number of imidazole rings is 1. The number of aryl methyl sites for hydroxylation is 2. The molecule has 1 heterocycles. The summed E-state index contributed by atoms with van der Waals surface area (Å²) < 4.78 is 1.51. The molecular formula is C13H13N5. The molecule has 0 unspecified atom stereocenters. The first-order valence-electron chi connectivity index (χ1n) is 5.46. The van der Waals surface area contributed by atoms with E-state index in [4.69, 9.17) is 11.0 Å². The van der Waals surface area contributed by atoms with E-state index in [2.05, 4.69) is 16.2 Å². The highest BCUT2D eigenvalue weighted by molar-refractivity contribution is 5.82. The zero-order valence-corrected chi connectivity index (χ0v) is 10.3. The van der Waals surface area contributed by atoms with E-state index in [0.29, 0.717) is 11.5 Å². The Labute approximate surface area is 105 Å². The van der Waals surface area contributed by atoms with Gasteiger partial charge < -0.3 is 5.73 Å². The Kier molecular flexibility index (Phi) is 3.11. The van der Waals surface area contributed by atoms with E-state index >= 15 is 0 Å². The van der Waals surface area contributed by atoms with Crippen LogP contribution < -0.4 is 5.73 Å². The van der Waals surface area contributed by atoms with Crippen LogP contribution in [0, 0.1) is 25.2 Å². The highest BCUT2D eigenvalue weighted by atomic mass is 15.4. The minimum Gasteiger partial charge on any atom is -0.368 e. The molecule has 0 amide bonds. The van der Waals surface area contributed by atoms with Gasteiger partial charge in [0.05, 0.1) is 29.7 Å². The molecule has 5 nitrogen and oxygen atoms in total. The number of nitrogens with two attached hydrogens (primary N) is 1. The monoisotopic (exact) mass is 239 g/mol. The lowest BCUT2D eigenvalue weighted by molar-refractivity contribution is 0.897. The van der Waals surface area contributed by atoms with Crippen LogP contribution in [0.5, 0.6) is 0 Å². The SMILES string of the molecule is Cc1cn(N=Cc2cc(C#N)ccc2C)c(N)n1. The Morgan fingerprint density at radius 3 is 2.83 bits per heavy atom. The Balaban J connectivity index is 2.34. The van der Waals surface area contributed by atoms with Crippen molar-refractivity contribution in [2.24, 2.45) is 5.10 Å². The molecule has 2 N–H and O–H groups in total. The number of anilines is 1. The van der Waals surface area contributed by atoms with E-state index in [-0.39, 0.29) is 0 Å². The minimum atomic E-state index is 0.345. The van der Waals surface area contributed by atoms with E-state index in [1.165, 1.54) is 4.68 Å². The van der Waals surface area contributed by atoms with Gasteiger partial charge in [0.2, 0.25) is 5.95 Å². The second kappa shape index (κ2) is 4.72. The van der Waals surface area contributed by atoms with Crippen LogP contribution in [-0.2, 0) is 0 Å². The Hall–Kier alpha value is -2.61. The van der Waals surface area contributed by atoms with Crippen molar-refractivity contribution < 1.29 is 0 Å². The van der Waals surface area contributed by atoms with Gasteiger partial charge >= 0.3 is 0 Å². The second-order valence-corrected chi connectivity index (χ2v) is 4.01. The largest absolute Gasteiger partial charge is 0.368 e. The molecule has 0 aliphatic rings. The van der Waals surface area contributed by atoms with Gasteiger partial charge in [-0.2, -0.15) is 10.4 Å². The lowest BCUT2D eigenvalue weighted by Gasteiger charge is -2.00. The third-order valence-electron chi connectivity index (χ3n) is 2.56. The molecule has 2 rings (SSSR count). The van der Waals surface area contributed by atoms with Gasteiger partial charge in [0.25, 0.3) is 0 Å². The maximum Gasteiger partial charge on any atom is 0.221 e. The summed E-state index contributed by atoms with van der Waals surface area (Å²) in [6.07, 6.45) is 3.42. The molecule has 0 radical (unpaired) electrons. The summed E-state index contributed by atoms with van der Waals surface area (Å²) in [5, 5.41) is 13.1. The summed E-state index contributed by atoms with van der Waals surface area (Å²) in [6.45, 7) is 3.81. The van der Waals surface area contributed by atoms with Gasteiger partial charge in [0.1, 0.15) is 0 Å². The molecule has 0 aliphatic carbocycles. The van der Waals surface area contributed by atoms with Crippen LogP contribution in [0.15, 0.2) is 29.5 Å². The van der Waals surface area contributed by atoms with Crippen LogP contribution in [0.1, 0.15) is 22.4 Å². The summed E-state index contributed by atoms with van der Waals surface area (Å²) in [4.78, 5) is 4.05. The van der Waals surface area contributed by atoms with Crippen molar-refractivity contribution in [1.82, 2.24) is 9.66 Å². The van der Waals surface area contributed by atoms with Gasteiger partial charge in [-0.15, -0.1) is 0 Å². The maximum atomic E-state index is 8.86. The number of aromatic nitrogens is 2. The lowest BCUT2D eigenvalue weighted by atomic mass is 10.1. The van der Waals surface area contributed by atoms with Crippen LogP contribution in [0.25, 0.3) is 0 Å². The fourth-order valence-corrected chi connectivity index (χ4v) is 1.57. The van der Waals surface area contributed by atoms with Gasteiger partial charge in [-0.3, -0.25) is 0 Å². The molecule has 0 bridgehead atoms. The van der Waals surface area contributed by atoms with Crippen molar-refractivity contribution in [2.45, 2.75) is 13.8 Å². The van der Waals surface area contributed by atoms with E-state index in [1.807, 2.05) is 19.9 Å². The first-order valence-corrected chi connectivity index (χ1v) is 5.46. The smallest absolute Gasteiger partial charge is 0.221 e. The number of nitrogens with zero attached hydrogens (tertiary/aromatic N) is 4. The van der Waals surface area contributed by atoms with Crippen LogP contribution in [-0.4, -0.2) is 15.9 Å². The standard InChI is InChI=1S/C13H13N5/c1-9-3-4-11(6-14)5-12(9)7-16-18-8-10(2)17-13(18)15/h3-5,7-8H,1-2H3,(H2,15,17). The van der Waals surface area contributed by atoms with Gasteiger partial charge in [-0.25, -0.2) is 9.66 Å². The summed E-state index contributed by atoms with van der Waals surface area (Å²) >= 11 is 0. The molecular weight excluding hydrogens is 226 g/mol. The van der Waals surface area contributed by atoms with Crippen molar-refractivity contribution in [3.63, 3.8) is 0 Å². The lowest BCUT2D eigenvalue weighted by Crippen LogP contribution is -1.98. The molecule has 2 aromatic rings. The van der Waals surface area contributed by atoms with Crippen molar-refractivity contribution in [2.75, 3.05) is 5.73 Å². The molecule has 90 valence electrons. The minimum absolute atomic E-state index is 0.345. The normalized spacial score (nSPS) is 10.7. The third kappa shape index (κ3) is 2.38. The Morgan fingerprint density at radius 1 is 1.44 bits per heavy atom. The van der Waals surface area contributed by atoms with Gasteiger partial charge in [0, 0.05) is 0 Å². The summed E-state index contributed by atoms with van der Waals surface area (Å²) in [5.74, 6) is 0.345. The van der Waals surface area contributed by atoms with Crippen LogP contribution in [0.4, 0.5) is 5.95 Å². The summed E-state index contributed by atoms with van der Waals surface area (Å²) in [5.41, 5.74) is 9.04. The molecule has 0 spiro atoms. The number of benzene rings is 1. The van der Waals surface area contributed by atoms with Crippen LogP contribution in [0.3, 0.4) is 0 Å².